The predicted molar refractivity (Wildman–Crippen MR) is 111 cm³/mol. The normalized spacial score (nSPS) is 21.4. The molecule has 0 spiro atoms. The van der Waals surface area contributed by atoms with Crippen molar-refractivity contribution in [3.05, 3.63) is 58.1 Å². The molecule has 1 fully saturated rings. The van der Waals surface area contributed by atoms with Gasteiger partial charge in [0.25, 0.3) is 0 Å². The predicted octanol–water partition coefficient (Wildman–Crippen LogP) is 5.37. The fourth-order valence-corrected chi connectivity index (χ4v) is 4.87. The monoisotopic (exact) mass is 437 g/mol. The van der Waals surface area contributed by atoms with E-state index >= 15 is 0 Å². The number of phenols is 2. The minimum atomic E-state index is -0.0210. The van der Waals surface area contributed by atoms with Crippen molar-refractivity contribution < 1.29 is 10.2 Å². The van der Waals surface area contributed by atoms with Crippen molar-refractivity contribution in [1.82, 2.24) is 4.90 Å². The number of phenolic OH excluding ortho intramolecular Hbond substituents is 2. The molecule has 0 aromatic heterocycles. The first-order valence-electron chi connectivity index (χ1n) is 9.10. The number of halogens is 2. The van der Waals surface area contributed by atoms with Gasteiger partial charge in [0.2, 0.25) is 0 Å². The van der Waals surface area contributed by atoms with Gasteiger partial charge < -0.3 is 10.2 Å². The Morgan fingerprint density at radius 1 is 1.12 bits per heavy atom. The molecule has 5 heteroatoms. The van der Waals surface area contributed by atoms with Crippen LogP contribution in [0.4, 0.5) is 0 Å². The van der Waals surface area contributed by atoms with Crippen molar-refractivity contribution in [2.45, 2.75) is 44.1 Å². The minimum Gasteiger partial charge on any atom is -0.504 e. The fraction of sp³-hybridized carbons (Fsp3) is 0.429. The molecule has 0 bridgehead atoms. The Hall–Kier alpha value is -1.23. The van der Waals surface area contributed by atoms with Crippen LogP contribution in [0.1, 0.15) is 48.9 Å². The van der Waals surface area contributed by atoms with Gasteiger partial charge in [0.1, 0.15) is 0 Å². The third kappa shape index (κ3) is 3.02. The van der Waals surface area contributed by atoms with Crippen LogP contribution in [-0.4, -0.2) is 28.2 Å². The van der Waals surface area contributed by atoms with Crippen LogP contribution in [0.5, 0.6) is 11.5 Å². The highest BCUT2D eigenvalue weighted by atomic mass is 79.9. The molecule has 1 unspecified atom stereocenters. The maximum absolute atomic E-state index is 10.1. The molecular weight excluding hydrogens is 414 g/mol. The highest BCUT2D eigenvalue weighted by Gasteiger charge is 2.49. The summed E-state index contributed by atoms with van der Waals surface area (Å²) in [6.07, 6.45) is 4.40. The van der Waals surface area contributed by atoms with Gasteiger partial charge in [-0.25, -0.2) is 0 Å². The topological polar surface area (TPSA) is 43.7 Å². The Bertz CT molecular complexity index is 789. The Morgan fingerprint density at radius 2 is 1.77 bits per heavy atom. The van der Waals surface area contributed by atoms with Crippen LogP contribution in [0.2, 0.25) is 5.02 Å². The summed E-state index contributed by atoms with van der Waals surface area (Å²) in [5.74, 6) is -0.0381. The Kier molecular flexibility index (Phi) is 5.57. The zero-order valence-corrected chi connectivity index (χ0v) is 17.4. The number of rotatable bonds is 3. The first-order chi connectivity index (χ1) is 12.0. The summed E-state index contributed by atoms with van der Waals surface area (Å²) < 4.78 is 0. The van der Waals surface area contributed by atoms with Crippen molar-refractivity contribution in [3.63, 3.8) is 0 Å². The maximum Gasteiger partial charge on any atom is 0.157 e. The fourth-order valence-electron chi connectivity index (χ4n) is 4.74. The Labute approximate surface area is 170 Å². The van der Waals surface area contributed by atoms with Gasteiger partial charge >= 0.3 is 0 Å². The largest absolute Gasteiger partial charge is 0.504 e. The van der Waals surface area contributed by atoms with Crippen molar-refractivity contribution in [2.24, 2.45) is 0 Å². The van der Waals surface area contributed by atoms with Crippen molar-refractivity contribution in [2.75, 3.05) is 13.1 Å². The van der Waals surface area contributed by atoms with Crippen LogP contribution in [0, 0.1) is 0 Å². The summed E-state index contributed by atoms with van der Waals surface area (Å²) in [6, 6.07) is 12.0. The lowest BCUT2D eigenvalue weighted by molar-refractivity contribution is 0.0562. The average Bonchev–Trinajstić information content (AvgIpc) is 2.57. The number of fused-ring (bicyclic) bond motifs is 1. The highest BCUT2D eigenvalue weighted by molar-refractivity contribution is 8.93. The second-order valence-electron chi connectivity index (χ2n) is 7.34. The minimum absolute atomic E-state index is 0. The number of hydrogen-bond acceptors (Lipinski definition) is 3. The molecule has 0 radical (unpaired) electrons. The highest BCUT2D eigenvalue weighted by Crippen LogP contribution is 2.56. The molecule has 1 heterocycles. The van der Waals surface area contributed by atoms with E-state index in [1.165, 1.54) is 12.0 Å². The van der Waals surface area contributed by atoms with Gasteiger partial charge in [0.05, 0.1) is 0 Å². The number of likely N-dealkylation sites (N-methyl/N-ethyl adjacent to an activating group) is 1. The van der Waals surface area contributed by atoms with E-state index in [0.717, 1.165) is 48.5 Å². The Morgan fingerprint density at radius 3 is 2.35 bits per heavy atom. The molecule has 0 saturated heterocycles. The van der Waals surface area contributed by atoms with Gasteiger partial charge in [-0.3, -0.25) is 4.90 Å². The van der Waals surface area contributed by atoms with Gasteiger partial charge in [-0.15, -0.1) is 17.0 Å². The first-order valence-corrected chi connectivity index (χ1v) is 9.48. The maximum atomic E-state index is 10.1. The lowest BCUT2D eigenvalue weighted by atomic mass is 9.57. The third-order valence-corrected chi connectivity index (χ3v) is 6.41. The molecule has 26 heavy (non-hydrogen) atoms. The summed E-state index contributed by atoms with van der Waals surface area (Å²) in [5.41, 5.74) is 3.70. The standard InChI is InChI=1S/C21H24ClNO2.BrH/c1-2-23-11-8-14-12-18(24)19(25)13-17(14)20(23)21(9-3-10-21)15-4-6-16(22)7-5-15;/h4-7,12-13,20,24-25H,2-3,8-11H2,1H3;1H. The number of hydrogen-bond donors (Lipinski definition) is 2. The van der Waals surface area contributed by atoms with E-state index in [1.54, 1.807) is 12.1 Å². The number of nitrogens with zero attached hydrogens (tertiary/aromatic N) is 1. The number of aromatic hydroxyl groups is 2. The second-order valence-corrected chi connectivity index (χ2v) is 7.77. The molecule has 2 N–H and O–H groups in total. The van der Waals surface area contributed by atoms with Crippen molar-refractivity contribution >= 4 is 28.6 Å². The molecule has 1 aliphatic carbocycles. The number of benzene rings is 2. The zero-order chi connectivity index (χ0) is 17.6. The molecule has 4 rings (SSSR count). The van der Waals surface area contributed by atoms with Crippen molar-refractivity contribution in [1.29, 1.82) is 0 Å². The van der Waals surface area contributed by atoms with E-state index in [4.69, 9.17) is 11.6 Å². The molecule has 1 aliphatic heterocycles. The van der Waals surface area contributed by atoms with Crippen LogP contribution in [0.15, 0.2) is 36.4 Å². The quantitative estimate of drug-likeness (QED) is 0.633. The van der Waals surface area contributed by atoms with E-state index in [9.17, 15) is 10.2 Å². The molecule has 1 saturated carbocycles. The van der Waals surface area contributed by atoms with E-state index in [-0.39, 0.29) is 39.9 Å². The van der Waals surface area contributed by atoms with Gasteiger partial charge in [0, 0.05) is 23.0 Å². The van der Waals surface area contributed by atoms with Crippen LogP contribution in [0.3, 0.4) is 0 Å². The lowest BCUT2D eigenvalue weighted by Crippen LogP contribution is -2.51. The summed E-state index contributed by atoms with van der Waals surface area (Å²) >= 11 is 6.11. The van der Waals surface area contributed by atoms with E-state index in [1.807, 2.05) is 12.1 Å². The SMILES string of the molecule is Br.CCN1CCc2cc(O)c(O)cc2C1C1(c2ccc(Cl)cc2)CCC1. The molecule has 3 nitrogen and oxygen atoms in total. The van der Waals surface area contributed by atoms with Crippen LogP contribution in [-0.2, 0) is 11.8 Å². The van der Waals surface area contributed by atoms with Crippen LogP contribution < -0.4 is 0 Å². The first kappa shape index (κ1) is 19.5. The molecular formula is C21H25BrClNO2. The zero-order valence-electron chi connectivity index (χ0n) is 14.9. The van der Waals surface area contributed by atoms with Crippen LogP contribution >= 0.6 is 28.6 Å². The van der Waals surface area contributed by atoms with Crippen molar-refractivity contribution in [3.8, 4) is 11.5 Å². The van der Waals surface area contributed by atoms with E-state index < -0.39 is 0 Å². The molecule has 2 aromatic rings. The molecule has 1 atom stereocenters. The molecule has 0 amide bonds. The summed E-state index contributed by atoms with van der Waals surface area (Å²) in [7, 11) is 0. The average molecular weight is 439 g/mol. The molecule has 2 aliphatic rings. The van der Waals surface area contributed by atoms with Gasteiger partial charge in [0.15, 0.2) is 11.5 Å². The van der Waals surface area contributed by atoms with E-state index in [0.29, 0.717) is 0 Å². The summed E-state index contributed by atoms with van der Waals surface area (Å²) in [6.45, 7) is 4.15. The summed E-state index contributed by atoms with van der Waals surface area (Å²) in [5, 5.41) is 20.8. The third-order valence-electron chi connectivity index (χ3n) is 6.16. The van der Waals surface area contributed by atoms with E-state index in [2.05, 4.69) is 24.0 Å². The summed E-state index contributed by atoms with van der Waals surface area (Å²) in [4.78, 5) is 2.52. The molecule has 2 aromatic carbocycles. The Balaban J connectivity index is 0.00000196. The van der Waals surface area contributed by atoms with Gasteiger partial charge in [-0.05, 0) is 66.8 Å². The lowest BCUT2D eigenvalue weighted by Gasteiger charge is -2.54. The van der Waals surface area contributed by atoms with Crippen LogP contribution in [0.25, 0.3) is 0 Å². The second kappa shape index (κ2) is 7.41. The smallest absolute Gasteiger partial charge is 0.157 e. The molecule has 140 valence electrons. The van der Waals surface area contributed by atoms with Gasteiger partial charge in [-0.2, -0.15) is 0 Å². The van der Waals surface area contributed by atoms with Gasteiger partial charge in [-0.1, -0.05) is 37.1 Å².